The van der Waals surface area contributed by atoms with E-state index >= 15 is 4.39 Å². The van der Waals surface area contributed by atoms with E-state index in [0.717, 1.165) is 24.5 Å². The fourth-order valence-electron chi connectivity index (χ4n) is 6.03. The number of nitrogens with two attached hydrogens (primary N) is 1. The Hall–Kier alpha value is -4.93. The molecule has 11 heteroatoms. The Bertz CT molecular complexity index is 1790. The highest BCUT2D eigenvalue weighted by Gasteiger charge is 2.31. The lowest BCUT2D eigenvalue weighted by atomic mass is 9.76. The van der Waals surface area contributed by atoms with Gasteiger partial charge in [0.1, 0.15) is 17.2 Å². The van der Waals surface area contributed by atoms with Gasteiger partial charge in [-0.1, -0.05) is 13.0 Å². The molecule has 45 heavy (non-hydrogen) atoms. The molecule has 1 aliphatic rings. The van der Waals surface area contributed by atoms with Crippen molar-refractivity contribution in [1.29, 1.82) is 0 Å². The van der Waals surface area contributed by atoms with Gasteiger partial charge in [-0.15, -0.1) is 0 Å². The Balaban J connectivity index is 1.42. The second-order valence-electron chi connectivity index (χ2n) is 12.5. The molecule has 9 nitrogen and oxygen atoms in total. The summed E-state index contributed by atoms with van der Waals surface area (Å²) in [6, 6.07) is 9.44. The lowest BCUT2D eigenvalue weighted by Gasteiger charge is -2.35. The molecular weight excluding hydrogens is 580 g/mol. The predicted molar refractivity (Wildman–Crippen MR) is 167 cm³/mol. The average molecular weight is 616 g/mol. The molecule has 1 aliphatic carbocycles. The van der Waals surface area contributed by atoms with Crippen LogP contribution in [0.3, 0.4) is 0 Å². The van der Waals surface area contributed by atoms with Crippen LogP contribution in [0.2, 0.25) is 0 Å². The molecule has 0 radical (unpaired) electrons. The van der Waals surface area contributed by atoms with Crippen LogP contribution in [0, 0.1) is 17.6 Å². The second-order valence-corrected chi connectivity index (χ2v) is 12.5. The molecule has 234 valence electrons. The van der Waals surface area contributed by atoms with Crippen molar-refractivity contribution in [2.45, 2.75) is 64.5 Å². The fourth-order valence-corrected chi connectivity index (χ4v) is 6.03. The molecule has 5 rings (SSSR count). The molecule has 3 atom stereocenters. The number of carbonyl (C=O) groups is 3. The van der Waals surface area contributed by atoms with Crippen LogP contribution in [0.15, 0.2) is 61.1 Å². The quantitative estimate of drug-likeness (QED) is 0.220. The van der Waals surface area contributed by atoms with Gasteiger partial charge in [0, 0.05) is 40.5 Å². The highest BCUT2D eigenvalue weighted by molar-refractivity contribution is 6.12. The maximum absolute atomic E-state index is 15.1. The molecule has 0 aliphatic heterocycles. The van der Waals surface area contributed by atoms with Crippen LogP contribution in [-0.2, 0) is 4.74 Å². The number of pyridine rings is 2. The summed E-state index contributed by atoms with van der Waals surface area (Å²) in [7, 11) is 0. The van der Waals surface area contributed by atoms with E-state index in [2.05, 4.69) is 27.5 Å². The summed E-state index contributed by atoms with van der Waals surface area (Å²) in [5.74, 6) is -2.46. The van der Waals surface area contributed by atoms with Crippen molar-refractivity contribution in [3.63, 3.8) is 0 Å². The highest BCUT2D eigenvalue weighted by atomic mass is 19.1. The van der Waals surface area contributed by atoms with Gasteiger partial charge in [-0.3, -0.25) is 19.6 Å². The summed E-state index contributed by atoms with van der Waals surface area (Å²) in [4.78, 5) is 46.6. The minimum absolute atomic E-state index is 0.0119. The Labute approximate surface area is 259 Å². The first-order chi connectivity index (χ1) is 21.3. The number of primary amides is 1. The van der Waals surface area contributed by atoms with Gasteiger partial charge in [0.05, 0.1) is 23.0 Å². The highest BCUT2D eigenvalue weighted by Crippen LogP contribution is 2.39. The molecule has 1 fully saturated rings. The third-order valence-corrected chi connectivity index (χ3v) is 7.82. The van der Waals surface area contributed by atoms with Crippen LogP contribution in [0.5, 0.6) is 0 Å². The molecule has 0 unspecified atom stereocenters. The number of amides is 3. The van der Waals surface area contributed by atoms with E-state index < -0.39 is 35.1 Å². The van der Waals surface area contributed by atoms with E-state index in [4.69, 9.17) is 10.5 Å². The van der Waals surface area contributed by atoms with E-state index in [1.807, 2.05) is 26.8 Å². The summed E-state index contributed by atoms with van der Waals surface area (Å²) in [6.45, 7) is 7.55. The van der Waals surface area contributed by atoms with Crippen molar-refractivity contribution >= 4 is 34.5 Å². The largest absolute Gasteiger partial charge is 0.444 e. The Kier molecular flexibility index (Phi) is 8.81. The van der Waals surface area contributed by atoms with Crippen LogP contribution < -0.4 is 16.4 Å². The number of anilines is 1. The zero-order chi connectivity index (χ0) is 32.5. The van der Waals surface area contributed by atoms with Crippen molar-refractivity contribution in [2.24, 2.45) is 11.7 Å². The number of benzene rings is 2. The molecule has 2 heterocycles. The first-order valence-electron chi connectivity index (χ1n) is 14.7. The lowest BCUT2D eigenvalue weighted by Crippen LogP contribution is -2.42. The number of ether oxygens (including phenoxy) is 1. The van der Waals surface area contributed by atoms with Crippen LogP contribution >= 0.6 is 0 Å². The summed E-state index contributed by atoms with van der Waals surface area (Å²) in [5.41, 5.74) is 6.30. The molecule has 2 aromatic carbocycles. The van der Waals surface area contributed by atoms with Gasteiger partial charge in [-0.2, -0.15) is 0 Å². The van der Waals surface area contributed by atoms with Crippen molar-refractivity contribution in [3.8, 4) is 11.1 Å². The molecule has 0 spiro atoms. The Morgan fingerprint density at radius 1 is 0.978 bits per heavy atom. The third kappa shape index (κ3) is 7.08. The maximum atomic E-state index is 15.1. The minimum atomic E-state index is -0.843. The number of nitrogens with one attached hydrogen (secondary N) is 2. The van der Waals surface area contributed by atoms with Crippen molar-refractivity contribution in [3.05, 3.63) is 89.4 Å². The zero-order valence-electron chi connectivity index (χ0n) is 25.5. The molecule has 3 amide bonds. The number of aromatic nitrogens is 2. The Morgan fingerprint density at radius 2 is 1.76 bits per heavy atom. The van der Waals surface area contributed by atoms with Crippen LogP contribution in [0.1, 0.15) is 79.2 Å². The number of halogens is 2. The number of alkyl carbamates (subject to hydrolysis) is 1. The SMILES string of the molecule is C[C@@H]1C[C@H](NC(=O)OC(C)(C)C)C[C@H](c2ccncc2NC(=O)c2ccc(F)c3cc(-c4c(F)cccc4C(N)=O)cnc23)C1. The van der Waals surface area contributed by atoms with Crippen LogP contribution in [-0.4, -0.2) is 39.5 Å². The molecule has 4 N–H and O–H groups in total. The van der Waals surface area contributed by atoms with Crippen molar-refractivity contribution < 1.29 is 27.9 Å². The maximum Gasteiger partial charge on any atom is 0.407 e. The van der Waals surface area contributed by atoms with E-state index in [1.165, 1.54) is 36.5 Å². The standard InChI is InChI=1S/C34H35F2N5O4/c1-18-12-19(14-21(13-18)40-33(44)45-34(2,3)4)22-10-11-38-17-28(22)41-32(43)24-8-9-26(35)25-15-20(16-39-30(24)25)29-23(31(37)42)6-5-7-27(29)36/h5-11,15-19,21H,12-14H2,1-4H3,(H2,37,42)(H,40,44)(H,41,43)/t18-,19+,21-/m0/s1. The van der Waals surface area contributed by atoms with E-state index in [0.29, 0.717) is 18.0 Å². The first-order valence-corrected chi connectivity index (χ1v) is 14.7. The number of hydrogen-bond acceptors (Lipinski definition) is 6. The minimum Gasteiger partial charge on any atom is -0.444 e. The van der Waals surface area contributed by atoms with Gasteiger partial charge < -0.3 is 21.1 Å². The van der Waals surface area contributed by atoms with Crippen LogP contribution in [0.4, 0.5) is 19.3 Å². The van der Waals surface area contributed by atoms with Crippen molar-refractivity contribution in [1.82, 2.24) is 15.3 Å². The van der Waals surface area contributed by atoms with Gasteiger partial charge in [-0.05, 0) is 93.8 Å². The molecule has 2 aromatic heterocycles. The van der Waals surface area contributed by atoms with Gasteiger partial charge >= 0.3 is 6.09 Å². The van der Waals surface area contributed by atoms with Gasteiger partial charge in [0.2, 0.25) is 5.91 Å². The summed E-state index contributed by atoms with van der Waals surface area (Å²) in [5, 5.41) is 5.88. The monoisotopic (exact) mass is 615 g/mol. The number of fused-ring (bicyclic) bond motifs is 1. The first kappa shape index (κ1) is 31.5. The summed E-state index contributed by atoms with van der Waals surface area (Å²) in [6.07, 6.45) is 6.30. The zero-order valence-corrected chi connectivity index (χ0v) is 25.5. The van der Waals surface area contributed by atoms with E-state index in [9.17, 15) is 18.8 Å². The normalized spacial score (nSPS) is 18.3. The van der Waals surface area contributed by atoms with E-state index in [-0.39, 0.29) is 45.1 Å². The third-order valence-electron chi connectivity index (χ3n) is 7.82. The lowest BCUT2D eigenvalue weighted by molar-refractivity contribution is 0.0482. The number of rotatable bonds is 6. The number of hydrogen-bond donors (Lipinski definition) is 3. The molecule has 0 bridgehead atoms. The van der Waals surface area contributed by atoms with Gasteiger partial charge in [0.25, 0.3) is 5.91 Å². The second kappa shape index (κ2) is 12.6. The number of carbonyl (C=O) groups excluding carboxylic acids is 3. The summed E-state index contributed by atoms with van der Waals surface area (Å²) >= 11 is 0. The van der Waals surface area contributed by atoms with Gasteiger partial charge in [-0.25, -0.2) is 13.6 Å². The van der Waals surface area contributed by atoms with Crippen molar-refractivity contribution in [2.75, 3.05) is 5.32 Å². The Morgan fingerprint density at radius 3 is 2.49 bits per heavy atom. The molecule has 4 aromatic rings. The number of nitrogens with zero attached hydrogens (tertiary/aromatic N) is 2. The molecule has 1 saturated carbocycles. The smallest absolute Gasteiger partial charge is 0.407 e. The van der Waals surface area contributed by atoms with Crippen LogP contribution in [0.25, 0.3) is 22.0 Å². The topological polar surface area (TPSA) is 136 Å². The fraction of sp³-hybridized carbons (Fsp3) is 0.324. The van der Waals surface area contributed by atoms with Gasteiger partial charge in [0.15, 0.2) is 0 Å². The predicted octanol–water partition coefficient (Wildman–Crippen LogP) is 6.72. The summed E-state index contributed by atoms with van der Waals surface area (Å²) < 4.78 is 35.3. The molecule has 0 saturated heterocycles. The molecular formula is C34H35F2N5O4. The average Bonchev–Trinajstić information content (AvgIpc) is 2.96. The van der Waals surface area contributed by atoms with E-state index in [1.54, 1.807) is 12.4 Å².